The number of urea groups is 1. The van der Waals surface area contributed by atoms with E-state index in [-0.39, 0.29) is 23.8 Å². The van der Waals surface area contributed by atoms with Crippen LogP contribution in [0, 0.1) is 12.8 Å². The normalized spacial score (nSPS) is 19.6. The van der Waals surface area contributed by atoms with Gasteiger partial charge in [0.05, 0.1) is 18.7 Å². The van der Waals surface area contributed by atoms with Gasteiger partial charge in [0.2, 0.25) is 5.91 Å². The van der Waals surface area contributed by atoms with Gasteiger partial charge in [-0.1, -0.05) is 29.8 Å². The molecule has 2 atom stereocenters. The van der Waals surface area contributed by atoms with Gasteiger partial charge in [-0.2, -0.15) is 0 Å². The molecule has 0 radical (unpaired) electrons. The molecule has 1 fully saturated rings. The summed E-state index contributed by atoms with van der Waals surface area (Å²) in [6.07, 6.45) is 2.32. The van der Waals surface area contributed by atoms with Gasteiger partial charge >= 0.3 is 6.03 Å². The van der Waals surface area contributed by atoms with E-state index in [1.54, 1.807) is 17.2 Å². The summed E-state index contributed by atoms with van der Waals surface area (Å²) in [5.74, 6) is 0.565. The third kappa shape index (κ3) is 4.90. The SMILES string of the molecule is CCNC(=O)N1CC(C(=O)NCc2ccco2)CC(c2cccc(C)c2)C1. The van der Waals surface area contributed by atoms with Crippen LogP contribution in [0.15, 0.2) is 47.1 Å². The smallest absolute Gasteiger partial charge is 0.317 e. The summed E-state index contributed by atoms with van der Waals surface area (Å²) >= 11 is 0. The Kier molecular flexibility index (Phi) is 6.16. The number of benzene rings is 1. The number of nitrogens with one attached hydrogen (secondary N) is 2. The molecule has 2 aromatic rings. The first-order valence-corrected chi connectivity index (χ1v) is 9.46. The second-order valence-electron chi connectivity index (χ2n) is 7.08. The summed E-state index contributed by atoms with van der Waals surface area (Å²) in [6.45, 7) is 5.93. The highest BCUT2D eigenvalue weighted by atomic mass is 16.3. The van der Waals surface area contributed by atoms with Crippen LogP contribution in [0.5, 0.6) is 0 Å². The molecule has 3 rings (SSSR count). The molecule has 0 aliphatic carbocycles. The molecule has 1 saturated heterocycles. The highest BCUT2D eigenvalue weighted by Crippen LogP contribution is 2.31. The summed E-state index contributed by atoms with van der Waals surface area (Å²) in [5.41, 5.74) is 2.36. The van der Waals surface area contributed by atoms with E-state index in [1.807, 2.05) is 19.1 Å². The molecular weight excluding hydrogens is 342 g/mol. The molecule has 1 aliphatic rings. The lowest BCUT2D eigenvalue weighted by atomic mass is 9.83. The van der Waals surface area contributed by atoms with Gasteiger partial charge in [0.1, 0.15) is 5.76 Å². The first-order chi connectivity index (χ1) is 13.1. The molecule has 144 valence electrons. The van der Waals surface area contributed by atoms with Crippen molar-refractivity contribution < 1.29 is 14.0 Å². The fourth-order valence-corrected chi connectivity index (χ4v) is 3.62. The Morgan fingerprint density at radius 1 is 1.19 bits per heavy atom. The lowest BCUT2D eigenvalue weighted by Gasteiger charge is -2.37. The van der Waals surface area contributed by atoms with Crippen LogP contribution in [-0.4, -0.2) is 36.5 Å². The van der Waals surface area contributed by atoms with Crippen LogP contribution in [0.1, 0.15) is 36.1 Å². The highest BCUT2D eigenvalue weighted by Gasteiger charge is 2.34. The molecule has 6 nitrogen and oxygen atoms in total. The van der Waals surface area contributed by atoms with Gasteiger partial charge < -0.3 is 20.0 Å². The molecule has 2 N–H and O–H groups in total. The number of hydrogen-bond donors (Lipinski definition) is 2. The van der Waals surface area contributed by atoms with Gasteiger partial charge in [-0.3, -0.25) is 4.79 Å². The Morgan fingerprint density at radius 3 is 2.74 bits per heavy atom. The topological polar surface area (TPSA) is 74.6 Å². The van der Waals surface area contributed by atoms with E-state index in [4.69, 9.17) is 4.42 Å². The van der Waals surface area contributed by atoms with Crippen LogP contribution in [-0.2, 0) is 11.3 Å². The molecule has 1 aromatic carbocycles. The maximum atomic E-state index is 12.8. The summed E-state index contributed by atoms with van der Waals surface area (Å²) < 4.78 is 5.28. The zero-order chi connectivity index (χ0) is 19.2. The van der Waals surface area contributed by atoms with Crippen molar-refractivity contribution in [3.63, 3.8) is 0 Å². The first kappa shape index (κ1) is 19.0. The number of piperidine rings is 1. The standard InChI is InChI=1S/C21H27N3O3/c1-3-22-21(26)24-13-17(16-7-4-6-15(2)10-16)11-18(14-24)20(25)23-12-19-8-5-9-27-19/h4-10,17-18H,3,11-14H2,1-2H3,(H,22,26)(H,23,25). The lowest BCUT2D eigenvalue weighted by Crippen LogP contribution is -2.51. The van der Waals surface area contributed by atoms with Gasteiger partial charge in [-0.05, 0) is 38.0 Å². The summed E-state index contributed by atoms with van der Waals surface area (Å²) in [5, 5.41) is 5.79. The molecule has 1 aliphatic heterocycles. The fraction of sp³-hybridized carbons (Fsp3) is 0.429. The quantitative estimate of drug-likeness (QED) is 0.851. The monoisotopic (exact) mass is 369 g/mol. The molecule has 0 spiro atoms. The second kappa shape index (κ2) is 8.75. The van der Waals surface area contributed by atoms with Crippen molar-refractivity contribution in [2.24, 2.45) is 5.92 Å². The number of aryl methyl sites for hydroxylation is 1. The number of rotatable bonds is 5. The minimum Gasteiger partial charge on any atom is -0.467 e. The van der Waals surface area contributed by atoms with E-state index in [2.05, 4.69) is 35.8 Å². The maximum absolute atomic E-state index is 12.8. The number of amides is 3. The predicted octanol–water partition coefficient (Wildman–Crippen LogP) is 3.04. The largest absolute Gasteiger partial charge is 0.467 e. The Morgan fingerprint density at radius 2 is 2.04 bits per heavy atom. The van der Waals surface area contributed by atoms with Crippen molar-refractivity contribution in [3.05, 3.63) is 59.5 Å². The van der Waals surface area contributed by atoms with Crippen LogP contribution >= 0.6 is 0 Å². The Bertz CT molecular complexity index is 773. The van der Waals surface area contributed by atoms with Crippen molar-refractivity contribution >= 4 is 11.9 Å². The van der Waals surface area contributed by atoms with Crippen molar-refractivity contribution in [3.8, 4) is 0 Å². The van der Waals surface area contributed by atoms with E-state index in [0.29, 0.717) is 26.2 Å². The summed E-state index contributed by atoms with van der Waals surface area (Å²) in [7, 11) is 0. The molecule has 2 unspecified atom stereocenters. The average molecular weight is 369 g/mol. The third-order valence-electron chi connectivity index (χ3n) is 4.97. The summed E-state index contributed by atoms with van der Waals surface area (Å²) in [6, 6.07) is 11.8. The molecule has 2 heterocycles. The van der Waals surface area contributed by atoms with E-state index in [9.17, 15) is 9.59 Å². The van der Waals surface area contributed by atoms with E-state index >= 15 is 0 Å². The molecule has 6 heteroatoms. The molecular formula is C21H27N3O3. The van der Waals surface area contributed by atoms with Crippen LogP contribution in [0.3, 0.4) is 0 Å². The highest BCUT2D eigenvalue weighted by molar-refractivity contribution is 5.81. The van der Waals surface area contributed by atoms with Crippen LogP contribution in [0.2, 0.25) is 0 Å². The van der Waals surface area contributed by atoms with Crippen molar-refractivity contribution in [2.45, 2.75) is 32.7 Å². The zero-order valence-corrected chi connectivity index (χ0v) is 15.9. The Labute approximate surface area is 159 Å². The minimum atomic E-state index is -0.248. The van der Waals surface area contributed by atoms with Gasteiger partial charge in [0, 0.05) is 25.6 Å². The maximum Gasteiger partial charge on any atom is 0.317 e. The number of carbonyl (C=O) groups is 2. The second-order valence-corrected chi connectivity index (χ2v) is 7.08. The van der Waals surface area contributed by atoms with Gasteiger partial charge in [-0.25, -0.2) is 4.79 Å². The summed E-state index contributed by atoms with van der Waals surface area (Å²) in [4.78, 5) is 26.9. The molecule has 3 amide bonds. The first-order valence-electron chi connectivity index (χ1n) is 9.46. The molecule has 27 heavy (non-hydrogen) atoms. The van der Waals surface area contributed by atoms with Crippen LogP contribution in [0.25, 0.3) is 0 Å². The third-order valence-corrected chi connectivity index (χ3v) is 4.97. The minimum absolute atomic E-state index is 0.0435. The fourth-order valence-electron chi connectivity index (χ4n) is 3.62. The number of nitrogens with zero attached hydrogens (tertiary/aromatic N) is 1. The van der Waals surface area contributed by atoms with E-state index < -0.39 is 0 Å². The molecule has 0 bridgehead atoms. The van der Waals surface area contributed by atoms with Crippen LogP contribution < -0.4 is 10.6 Å². The van der Waals surface area contributed by atoms with Crippen molar-refractivity contribution in [1.82, 2.24) is 15.5 Å². The van der Waals surface area contributed by atoms with Gasteiger partial charge in [-0.15, -0.1) is 0 Å². The predicted molar refractivity (Wildman–Crippen MR) is 103 cm³/mol. The van der Waals surface area contributed by atoms with Gasteiger partial charge in [0.25, 0.3) is 0 Å². The van der Waals surface area contributed by atoms with Crippen LogP contribution in [0.4, 0.5) is 4.79 Å². The van der Waals surface area contributed by atoms with Gasteiger partial charge in [0.15, 0.2) is 0 Å². The number of likely N-dealkylation sites (tertiary alicyclic amines) is 1. The lowest BCUT2D eigenvalue weighted by molar-refractivity contribution is -0.126. The Hall–Kier alpha value is -2.76. The number of carbonyl (C=O) groups excluding carboxylic acids is 2. The zero-order valence-electron chi connectivity index (χ0n) is 15.9. The van der Waals surface area contributed by atoms with E-state index in [0.717, 1.165) is 12.2 Å². The molecule has 0 saturated carbocycles. The number of furan rings is 1. The number of hydrogen-bond acceptors (Lipinski definition) is 3. The molecule has 1 aromatic heterocycles. The average Bonchev–Trinajstić information content (AvgIpc) is 3.19. The van der Waals surface area contributed by atoms with Crippen molar-refractivity contribution in [1.29, 1.82) is 0 Å². The van der Waals surface area contributed by atoms with Crippen molar-refractivity contribution in [2.75, 3.05) is 19.6 Å². The Balaban J connectivity index is 1.73. The van der Waals surface area contributed by atoms with E-state index in [1.165, 1.54) is 11.1 Å².